The number of hydrogen-bond donors (Lipinski definition) is 1. The first-order chi connectivity index (χ1) is 16.2. The van der Waals surface area contributed by atoms with E-state index in [0.29, 0.717) is 24.3 Å². The zero-order valence-electron chi connectivity index (χ0n) is 19.2. The Morgan fingerprint density at radius 1 is 1.00 bits per heavy atom. The zero-order chi connectivity index (χ0) is 24.7. The molecule has 2 aromatic rings. The normalized spacial score (nSPS) is 14.6. The van der Waals surface area contributed by atoms with Gasteiger partial charge >= 0.3 is 5.97 Å². The number of nitrogens with zero attached hydrogens (tertiary/aromatic N) is 1. The molecule has 1 aliphatic heterocycles. The Hall–Kier alpha value is -3.24. The van der Waals surface area contributed by atoms with Crippen molar-refractivity contribution >= 4 is 33.4 Å². The number of anilines is 1. The lowest BCUT2D eigenvalue weighted by atomic mass is 10.1. The second kappa shape index (κ2) is 11.3. The SMILES string of the molecule is COc1ccc(C(=O)OCC(=O)Nc2ccccc2C(C)=O)cc1S(=O)(=O)N1CCCCCC1. The van der Waals surface area contributed by atoms with E-state index < -0.39 is 28.5 Å². The van der Waals surface area contributed by atoms with Crippen molar-refractivity contribution in [1.29, 1.82) is 0 Å². The fraction of sp³-hybridized carbons (Fsp3) is 0.375. The van der Waals surface area contributed by atoms with E-state index in [1.165, 1.54) is 36.5 Å². The maximum absolute atomic E-state index is 13.3. The van der Waals surface area contributed by atoms with Gasteiger partial charge in [0.05, 0.1) is 18.4 Å². The number of ketones is 1. The van der Waals surface area contributed by atoms with Crippen molar-refractivity contribution in [1.82, 2.24) is 4.31 Å². The van der Waals surface area contributed by atoms with Gasteiger partial charge in [-0.3, -0.25) is 9.59 Å². The molecule has 0 aromatic heterocycles. The van der Waals surface area contributed by atoms with Crippen LogP contribution in [0.15, 0.2) is 47.4 Å². The van der Waals surface area contributed by atoms with Crippen LogP contribution < -0.4 is 10.1 Å². The van der Waals surface area contributed by atoms with Crippen molar-refractivity contribution < 1.29 is 32.3 Å². The van der Waals surface area contributed by atoms with Gasteiger partial charge in [0.1, 0.15) is 10.6 Å². The van der Waals surface area contributed by atoms with Gasteiger partial charge < -0.3 is 14.8 Å². The number of para-hydroxylation sites is 1. The average Bonchev–Trinajstić information content (AvgIpc) is 3.12. The molecule has 34 heavy (non-hydrogen) atoms. The molecule has 1 aliphatic rings. The molecular formula is C24H28N2O7S. The van der Waals surface area contributed by atoms with Gasteiger partial charge in [0, 0.05) is 18.7 Å². The molecule has 0 unspecified atom stereocenters. The predicted molar refractivity (Wildman–Crippen MR) is 126 cm³/mol. The van der Waals surface area contributed by atoms with E-state index in [2.05, 4.69) is 5.32 Å². The topological polar surface area (TPSA) is 119 Å². The van der Waals surface area contributed by atoms with Gasteiger partial charge in [-0.2, -0.15) is 4.31 Å². The summed E-state index contributed by atoms with van der Waals surface area (Å²) >= 11 is 0. The molecule has 182 valence electrons. The van der Waals surface area contributed by atoms with Gasteiger partial charge in [-0.05, 0) is 50.1 Å². The van der Waals surface area contributed by atoms with Crippen molar-refractivity contribution in [3.8, 4) is 5.75 Å². The third kappa shape index (κ3) is 6.00. The fourth-order valence-corrected chi connectivity index (χ4v) is 5.42. The van der Waals surface area contributed by atoms with Crippen LogP contribution in [0.2, 0.25) is 0 Å². The lowest BCUT2D eigenvalue weighted by Crippen LogP contribution is -2.32. The molecular weight excluding hydrogens is 460 g/mol. The Morgan fingerprint density at radius 3 is 2.32 bits per heavy atom. The van der Waals surface area contributed by atoms with Gasteiger partial charge in [0.2, 0.25) is 10.0 Å². The molecule has 0 radical (unpaired) electrons. The smallest absolute Gasteiger partial charge is 0.338 e. The molecule has 2 aromatic carbocycles. The highest BCUT2D eigenvalue weighted by Gasteiger charge is 2.29. The molecule has 10 heteroatoms. The van der Waals surface area contributed by atoms with Crippen LogP contribution in [0.1, 0.15) is 53.3 Å². The minimum absolute atomic E-state index is 0.0221. The Kier molecular flexibility index (Phi) is 8.41. The van der Waals surface area contributed by atoms with E-state index in [1.54, 1.807) is 24.3 Å². The van der Waals surface area contributed by atoms with Crippen LogP contribution in [0.3, 0.4) is 0 Å². The van der Waals surface area contributed by atoms with Crippen LogP contribution >= 0.6 is 0 Å². The monoisotopic (exact) mass is 488 g/mol. The Balaban J connectivity index is 1.73. The van der Waals surface area contributed by atoms with Crippen LogP contribution in [0, 0.1) is 0 Å². The highest BCUT2D eigenvalue weighted by Crippen LogP contribution is 2.29. The van der Waals surface area contributed by atoms with Gasteiger partial charge in [-0.15, -0.1) is 0 Å². The fourth-order valence-electron chi connectivity index (χ4n) is 3.73. The van der Waals surface area contributed by atoms with Gasteiger partial charge in [0.25, 0.3) is 5.91 Å². The molecule has 1 amide bonds. The van der Waals surface area contributed by atoms with Crippen molar-refractivity contribution in [2.75, 3.05) is 32.1 Å². The van der Waals surface area contributed by atoms with Gasteiger partial charge in [0.15, 0.2) is 12.4 Å². The van der Waals surface area contributed by atoms with Crippen molar-refractivity contribution in [3.05, 3.63) is 53.6 Å². The number of hydrogen-bond acceptors (Lipinski definition) is 7. The van der Waals surface area contributed by atoms with Crippen LogP contribution in [-0.4, -0.2) is 57.2 Å². The van der Waals surface area contributed by atoms with Gasteiger partial charge in [-0.1, -0.05) is 25.0 Å². The number of esters is 1. The summed E-state index contributed by atoms with van der Waals surface area (Å²) in [6.07, 6.45) is 3.47. The predicted octanol–water partition coefficient (Wildman–Crippen LogP) is 3.26. The average molecular weight is 489 g/mol. The summed E-state index contributed by atoms with van der Waals surface area (Å²) in [7, 11) is -2.52. The number of rotatable bonds is 8. The van der Waals surface area contributed by atoms with Crippen molar-refractivity contribution in [2.24, 2.45) is 0 Å². The van der Waals surface area contributed by atoms with Crippen molar-refractivity contribution in [2.45, 2.75) is 37.5 Å². The molecule has 1 heterocycles. The molecule has 1 N–H and O–H groups in total. The molecule has 0 saturated carbocycles. The first-order valence-corrected chi connectivity index (χ1v) is 12.4. The molecule has 1 fully saturated rings. The lowest BCUT2D eigenvalue weighted by molar-refractivity contribution is -0.119. The van der Waals surface area contributed by atoms with Crippen LogP contribution in [-0.2, 0) is 19.6 Å². The number of nitrogens with one attached hydrogen (secondary N) is 1. The number of carbonyl (C=O) groups excluding carboxylic acids is 3. The van der Waals surface area contributed by atoms with E-state index in [9.17, 15) is 22.8 Å². The summed E-state index contributed by atoms with van der Waals surface area (Å²) in [6, 6.07) is 10.5. The van der Waals surface area contributed by atoms with E-state index in [4.69, 9.17) is 9.47 Å². The summed E-state index contributed by atoms with van der Waals surface area (Å²) in [6.45, 7) is 1.58. The number of amides is 1. The number of carbonyl (C=O) groups is 3. The second-order valence-electron chi connectivity index (χ2n) is 7.91. The number of ether oxygens (including phenoxy) is 2. The van der Waals surface area contributed by atoms with Crippen LogP contribution in [0.5, 0.6) is 5.75 Å². The van der Waals surface area contributed by atoms with Gasteiger partial charge in [-0.25, -0.2) is 13.2 Å². The molecule has 0 aliphatic carbocycles. The Bertz CT molecular complexity index is 1170. The minimum atomic E-state index is -3.88. The first kappa shape index (κ1) is 25.4. The van der Waals surface area contributed by atoms with E-state index in [-0.39, 0.29) is 22.0 Å². The highest BCUT2D eigenvalue weighted by atomic mass is 32.2. The van der Waals surface area contributed by atoms with E-state index in [1.807, 2.05) is 0 Å². The number of Topliss-reactive ketones (excluding diaryl/α,β-unsaturated/α-hetero) is 1. The summed E-state index contributed by atoms with van der Waals surface area (Å²) in [4.78, 5) is 36.4. The van der Waals surface area contributed by atoms with E-state index in [0.717, 1.165) is 25.7 Å². The molecule has 0 bridgehead atoms. The number of sulfonamides is 1. The summed E-state index contributed by atoms with van der Waals surface area (Å²) < 4.78 is 38.2. The zero-order valence-corrected chi connectivity index (χ0v) is 20.0. The minimum Gasteiger partial charge on any atom is -0.495 e. The number of methoxy groups -OCH3 is 1. The molecule has 1 saturated heterocycles. The third-order valence-corrected chi connectivity index (χ3v) is 7.42. The summed E-state index contributed by atoms with van der Waals surface area (Å²) in [5, 5.41) is 2.54. The second-order valence-corrected chi connectivity index (χ2v) is 9.82. The first-order valence-electron chi connectivity index (χ1n) is 11.0. The summed E-state index contributed by atoms with van der Waals surface area (Å²) in [5.41, 5.74) is 0.623. The quantitative estimate of drug-likeness (QED) is 0.447. The molecule has 0 spiro atoms. The van der Waals surface area contributed by atoms with Crippen LogP contribution in [0.25, 0.3) is 0 Å². The highest BCUT2D eigenvalue weighted by molar-refractivity contribution is 7.89. The largest absolute Gasteiger partial charge is 0.495 e. The molecule has 3 rings (SSSR count). The maximum Gasteiger partial charge on any atom is 0.338 e. The standard InChI is InChI=1S/C24H28N2O7S/c1-17(27)19-9-5-6-10-20(19)25-23(28)16-33-24(29)18-11-12-21(32-2)22(15-18)34(30,31)26-13-7-3-4-8-14-26/h5-6,9-12,15H,3-4,7-8,13-14,16H2,1-2H3,(H,25,28). The van der Waals surface area contributed by atoms with Crippen molar-refractivity contribution in [3.63, 3.8) is 0 Å². The third-order valence-electron chi connectivity index (χ3n) is 5.50. The molecule has 9 nitrogen and oxygen atoms in total. The lowest BCUT2D eigenvalue weighted by Gasteiger charge is -2.21. The van der Waals surface area contributed by atoms with E-state index >= 15 is 0 Å². The Morgan fingerprint density at radius 2 is 1.68 bits per heavy atom. The molecule has 0 atom stereocenters. The number of benzene rings is 2. The summed E-state index contributed by atoms with van der Waals surface area (Å²) in [5.74, 6) is -1.58. The van der Waals surface area contributed by atoms with Crippen LogP contribution in [0.4, 0.5) is 5.69 Å². The maximum atomic E-state index is 13.3. The Labute approximate surface area is 199 Å².